The van der Waals surface area contributed by atoms with Crippen LogP contribution in [0.4, 0.5) is 5.69 Å². The van der Waals surface area contributed by atoms with Gasteiger partial charge in [-0.3, -0.25) is 10.4 Å². The van der Waals surface area contributed by atoms with Crippen LogP contribution in [0.25, 0.3) is 0 Å². The smallest absolute Gasteiger partial charge is 0.210 e. The molecule has 0 aliphatic heterocycles. The molecular weight excluding hydrogens is 303 g/mol. The molecule has 0 bridgehead atoms. The van der Waals surface area contributed by atoms with Crippen molar-refractivity contribution in [3.63, 3.8) is 0 Å². The van der Waals surface area contributed by atoms with Crippen LogP contribution < -0.4 is 16.6 Å². The summed E-state index contributed by atoms with van der Waals surface area (Å²) in [5.74, 6) is 5.96. The summed E-state index contributed by atoms with van der Waals surface area (Å²) in [6.07, 6.45) is 0.999. The highest BCUT2D eigenvalue weighted by Gasteiger charge is 2.00. The van der Waals surface area contributed by atoms with Gasteiger partial charge in [0.15, 0.2) is 0 Å². The monoisotopic (exact) mass is 318 g/mol. The SMILES string of the molecule is CCCN=C(NN)Nc1ccccc1I. The number of nitrogens with one attached hydrogen (secondary N) is 2. The molecule has 0 fully saturated rings. The average molecular weight is 318 g/mol. The van der Waals surface area contributed by atoms with Crippen molar-refractivity contribution in [2.75, 3.05) is 11.9 Å². The number of anilines is 1. The van der Waals surface area contributed by atoms with Gasteiger partial charge in [-0.25, -0.2) is 5.84 Å². The van der Waals surface area contributed by atoms with Crippen molar-refractivity contribution in [3.05, 3.63) is 27.8 Å². The summed E-state index contributed by atoms with van der Waals surface area (Å²) >= 11 is 2.26. The molecule has 1 rings (SSSR count). The molecule has 0 saturated heterocycles. The molecule has 0 spiro atoms. The van der Waals surface area contributed by atoms with Crippen LogP contribution >= 0.6 is 22.6 Å². The van der Waals surface area contributed by atoms with Gasteiger partial charge in [-0.05, 0) is 41.1 Å². The molecule has 1 aromatic rings. The second-order valence-corrected chi connectivity index (χ2v) is 4.14. The van der Waals surface area contributed by atoms with E-state index in [-0.39, 0.29) is 0 Å². The summed E-state index contributed by atoms with van der Waals surface area (Å²) in [4.78, 5) is 4.26. The van der Waals surface area contributed by atoms with E-state index in [1.807, 2.05) is 24.3 Å². The van der Waals surface area contributed by atoms with Crippen LogP contribution in [0.1, 0.15) is 13.3 Å². The number of nitrogens with zero attached hydrogens (tertiary/aromatic N) is 1. The number of nitrogens with two attached hydrogens (primary N) is 1. The number of hydrogen-bond donors (Lipinski definition) is 3. The summed E-state index contributed by atoms with van der Waals surface area (Å²) in [5, 5.41) is 3.14. The highest BCUT2D eigenvalue weighted by molar-refractivity contribution is 14.1. The van der Waals surface area contributed by atoms with E-state index in [1.54, 1.807) is 0 Å². The Bertz CT molecular complexity index is 338. The number of para-hydroxylation sites is 1. The van der Waals surface area contributed by atoms with Gasteiger partial charge in [-0.1, -0.05) is 19.1 Å². The Hall–Kier alpha value is -0.820. The van der Waals surface area contributed by atoms with E-state index in [1.165, 1.54) is 0 Å². The van der Waals surface area contributed by atoms with Crippen LogP contribution in [-0.4, -0.2) is 12.5 Å². The van der Waals surface area contributed by atoms with Crippen LogP contribution in [0.15, 0.2) is 29.3 Å². The molecular formula is C10H15IN4. The minimum Gasteiger partial charge on any atom is -0.324 e. The number of rotatable bonds is 3. The highest BCUT2D eigenvalue weighted by Crippen LogP contribution is 2.16. The molecule has 15 heavy (non-hydrogen) atoms. The summed E-state index contributed by atoms with van der Waals surface area (Å²) < 4.78 is 1.13. The van der Waals surface area contributed by atoms with E-state index >= 15 is 0 Å². The van der Waals surface area contributed by atoms with Crippen molar-refractivity contribution in [2.24, 2.45) is 10.8 Å². The molecule has 4 N–H and O–H groups in total. The quantitative estimate of drug-likeness (QED) is 0.262. The third kappa shape index (κ3) is 4.05. The number of hydrogen-bond acceptors (Lipinski definition) is 2. The maximum absolute atomic E-state index is 5.37. The fourth-order valence-corrected chi connectivity index (χ4v) is 1.56. The predicted octanol–water partition coefficient (Wildman–Crippen LogP) is 1.93. The van der Waals surface area contributed by atoms with Gasteiger partial charge < -0.3 is 5.32 Å². The maximum Gasteiger partial charge on any atom is 0.210 e. The molecule has 5 heteroatoms. The Kier molecular flexibility index (Phi) is 5.41. The van der Waals surface area contributed by atoms with Crippen LogP contribution in [0.5, 0.6) is 0 Å². The Morgan fingerprint density at radius 2 is 2.20 bits per heavy atom. The summed E-state index contributed by atoms with van der Waals surface area (Å²) in [6, 6.07) is 7.97. The summed E-state index contributed by atoms with van der Waals surface area (Å²) in [5.41, 5.74) is 3.55. The molecule has 0 atom stereocenters. The minimum absolute atomic E-state index is 0.598. The van der Waals surface area contributed by atoms with Crippen molar-refractivity contribution >= 4 is 34.2 Å². The molecule has 0 radical (unpaired) electrons. The van der Waals surface area contributed by atoms with Crippen molar-refractivity contribution in [3.8, 4) is 0 Å². The Balaban J connectivity index is 2.71. The zero-order valence-corrected chi connectivity index (χ0v) is 10.8. The molecule has 0 heterocycles. The summed E-state index contributed by atoms with van der Waals surface area (Å²) in [7, 11) is 0. The molecule has 0 aromatic heterocycles. The second-order valence-electron chi connectivity index (χ2n) is 2.98. The molecule has 0 aliphatic carbocycles. The second kappa shape index (κ2) is 6.62. The molecule has 1 aromatic carbocycles. The largest absolute Gasteiger partial charge is 0.324 e. The van der Waals surface area contributed by atoms with Crippen molar-refractivity contribution in [1.29, 1.82) is 0 Å². The van der Waals surface area contributed by atoms with Gasteiger partial charge >= 0.3 is 0 Å². The topological polar surface area (TPSA) is 62.4 Å². The van der Waals surface area contributed by atoms with E-state index in [4.69, 9.17) is 5.84 Å². The number of hydrazine groups is 1. The van der Waals surface area contributed by atoms with Crippen molar-refractivity contribution in [1.82, 2.24) is 5.43 Å². The lowest BCUT2D eigenvalue weighted by molar-refractivity contribution is 0.905. The van der Waals surface area contributed by atoms with Crippen molar-refractivity contribution < 1.29 is 0 Å². The lowest BCUT2D eigenvalue weighted by atomic mass is 10.3. The lowest BCUT2D eigenvalue weighted by Gasteiger charge is -2.10. The third-order valence-corrected chi connectivity index (χ3v) is 2.70. The fourth-order valence-electron chi connectivity index (χ4n) is 1.04. The van der Waals surface area contributed by atoms with Crippen LogP contribution in [-0.2, 0) is 0 Å². The van der Waals surface area contributed by atoms with Gasteiger partial charge in [0, 0.05) is 10.1 Å². The van der Waals surface area contributed by atoms with Gasteiger partial charge in [0.1, 0.15) is 0 Å². The standard InChI is InChI=1S/C10H15IN4/c1-2-7-13-10(15-12)14-9-6-4-3-5-8(9)11/h3-6H,2,7,12H2,1H3,(H2,13,14,15). The van der Waals surface area contributed by atoms with Crippen LogP contribution in [0.2, 0.25) is 0 Å². The minimum atomic E-state index is 0.598. The molecule has 82 valence electrons. The van der Waals surface area contributed by atoms with Crippen LogP contribution in [0, 0.1) is 3.57 Å². The number of aliphatic imine (C=N–C) groups is 1. The molecule has 4 nitrogen and oxygen atoms in total. The number of benzene rings is 1. The highest BCUT2D eigenvalue weighted by atomic mass is 127. The first-order chi connectivity index (χ1) is 7.27. The normalized spacial score (nSPS) is 11.3. The first-order valence-corrected chi connectivity index (χ1v) is 5.88. The van der Waals surface area contributed by atoms with Gasteiger partial charge in [-0.2, -0.15) is 0 Å². The Labute approximate surface area is 103 Å². The Morgan fingerprint density at radius 3 is 2.80 bits per heavy atom. The van der Waals surface area contributed by atoms with E-state index in [0.717, 1.165) is 22.2 Å². The average Bonchev–Trinajstić information content (AvgIpc) is 2.26. The predicted molar refractivity (Wildman–Crippen MR) is 72.7 cm³/mol. The molecule has 0 amide bonds. The van der Waals surface area contributed by atoms with Crippen LogP contribution in [0.3, 0.4) is 0 Å². The lowest BCUT2D eigenvalue weighted by Crippen LogP contribution is -2.36. The van der Waals surface area contributed by atoms with E-state index < -0.39 is 0 Å². The molecule has 0 aliphatic rings. The van der Waals surface area contributed by atoms with E-state index in [9.17, 15) is 0 Å². The van der Waals surface area contributed by atoms with Gasteiger partial charge in [0.05, 0.1) is 5.69 Å². The Morgan fingerprint density at radius 1 is 1.47 bits per heavy atom. The zero-order valence-electron chi connectivity index (χ0n) is 8.63. The van der Waals surface area contributed by atoms with E-state index in [2.05, 4.69) is 45.2 Å². The van der Waals surface area contributed by atoms with Gasteiger partial charge in [0.25, 0.3) is 0 Å². The molecule has 0 unspecified atom stereocenters. The fraction of sp³-hybridized carbons (Fsp3) is 0.300. The third-order valence-electron chi connectivity index (χ3n) is 1.76. The van der Waals surface area contributed by atoms with Crippen molar-refractivity contribution in [2.45, 2.75) is 13.3 Å². The van der Waals surface area contributed by atoms with E-state index in [0.29, 0.717) is 5.96 Å². The molecule has 0 saturated carbocycles. The zero-order chi connectivity index (χ0) is 11.1. The van der Waals surface area contributed by atoms with Gasteiger partial charge in [0.2, 0.25) is 5.96 Å². The first kappa shape index (κ1) is 12.3. The summed E-state index contributed by atoms with van der Waals surface area (Å²) in [6.45, 7) is 2.83. The first-order valence-electron chi connectivity index (χ1n) is 4.80. The number of guanidine groups is 1. The number of halogens is 1. The van der Waals surface area contributed by atoms with Gasteiger partial charge in [-0.15, -0.1) is 0 Å². The maximum atomic E-state index is 5.37.